The summed E-state index contributed by atoms with van der Waals surface area (Å²) in [6.45, 7) is 2.34. The minimum atomic E-state index is 0.0878. The molecule has 1 fully saturated rings. The lowest BCUT2D eigenvalue weighted by atomic mass is 10.1. The standard InChI is InChI=1S/C17H25ClN2O2/c18-15-7-5-14(6-8-15)9-10-19-17(22)13-20-11-1-3-16(20)4-2-12-21/h5-8,16,21H,1-4,9-13H2,(H,19,22). The van der Waals surface area contributed by atoms with Gasteiger partial charge in [-0.25, -0.2) is 0 Å². The molecule has 1 saturated heterocycles. The zero-order valence-corrected chi connectivity index (χ0v) is 13.7. The maximum atomic E-state index is 12.0. The molecule has 2 rings (SSSR count). The molecule has 22 heavy (non-hydrogen) atoms. The van der Waals surface area contributed by atoms with Crippen molar-refractivity contribution in [3.8, 4) is 0 Å². The third kappa shape index (κ3) is 5.59. The number of nitrogens with zero attached hydrogens (tertiary/aromatic N) is 1. The molecule has 0 aliphatic carbocycles. The Labute approximate surface area is 137 Å². The van der Waals surface area contributed by atoms with Crippen molar-refractivity contribution in [3.05, 3.63) is 34.9 Å². The predicted molar refractivity (Wildman–Crippen MR) is 89.1 cm³/mol. The second-order valence-electron chi connectivity index (χ2n) is 5.86. The largest absolute Gasteiger partial charge is 0.396 e. The summed E-state index contributed by atoms with van der Waals surface area (Å²) in [7, 11) is 0. The Hall–Kier alpha value is -1.10. The molecule has 4 nitrogen and oxygen atoms in total. The average molecular weight is 325 g/mol. The maximum Gasteiger partial charge on any atom is 0.234 e. The van der Waals surface area contributed by atoms with Gasteiger partial charge >= 0.3 is 0 Å². The van der Waals surface area contributed by atoms with Crippen LogP contribution in [0.5, 0.6) is 0 Å². The van der Waals surface area contributed by atoms with Gasteiger partial charge in [-0.15, -0.1) is 0 Å². The Morgan fingerprint density at radius 3 is 2.86 bits per heavy atom. The molecule has 0 bridgehead atoms. The van der Waals surface area contributed by atoms with E-state index >= 15 is 0 Å². The van der Waals surface area contributed by atoms with Crippen LogP contribution in [-0.4, -0.2) is 48.2 Å². The van der Waals surface area contributed by atoms with Crippen LogP contribution >= 0.6 is 11.6 Å². The second-order valence-corrected chi connectivity index (χ2v) is 6.30. The summed E-state index contributed by atoms with van der Waals surface area (Å²) in [6.07, 6.45) is 4.90. The van der Waals surface area contributed by atoms with Gasteiger partial charge in [-0.05, 0) is 56.3 Å². The van der Waals surface area contributed by atoms with E-state index in [1.165, 1.54) is 5.56 Å². The van der Waals surface area contributed by atoms with Crippen molar-refractivity contribution in [2.75, 3.05) is 26.2 Å². The molecule has 1 aliphatic heterocycles. The molecule has 1 aromatic rings. The fourth-order valence-electron chi connectivity index (χ4n) is 2.99. The van der Waals surface area contributed by atoms with Crippen molar-refractivity contribution < 1.29 is 9.90 Å². The smallest absolute Gasteiger partial charge is 0.234 e. The van der Waals surface area contributed by atoms with Gasteiger partial charge in [-0.1, -0.05) is 23.7 Å². The molecule has 0 spiro atoms. The third-order valence-electron chi connectivity index (χ3n) is 4.19. The Kier molecular flexibility index (Phi) is 7.16. The van der Waals surface area contributed by atoms with E-state index in [0.717, 1.165) is 43.7 Å². The number of nitrogens with one attached hydrogen (secondary N) is 1. The summed E-state index contributed by atoms with van der Waals surface area (Å²) in [5, 5.41) is 12.6. The van der Waals surface area contributed by atoms with Crippen LogP contribution in [0.25, 0.3) is 0 Å². The van der Waals surface area contributed by atoms with Crippen LogP contribution in [0, 0.1) is 0 Å². The van der Waals surface area contributed by atoms with E-state index in [0.29, 0.717) is 19.1 Å². The molecule has 1 heterocycles. The van der Waals surface area contributed by atoms with Crippen LogP contribution < -0.4 is 5.32 Å². The minimum Gasteiger partial charge on any atom is -0.396 e. The number of halogens is 1. The van der Waals surface area contributed by atoms with Gasteiger partial charge in [-0.3, -0.25) is 9.69 Å². The van der Waals surface area contributed by atoms with Crippen molar-refractivity contribution in [1.82, 2.24) is 10.2 Å². The molecule has 0 radical (unpaired) electrons. The molecule has 0 aromatic heterocycles. The first-order valence-electron chi connectivity index (χ1n) is 8.05. The first kappa shape index (κ1) is 17.3. The number of hydrogen-bond donors (Lipinski definition) is 2. The quantitative estimate of drug-likeness (QED) is 0.771. The molecule has 1 unspecified atom stereocenters. The van der Waals surface area contributed by atoms with Crippen molar-refractivity contribution in [1.29, 1.82) is 0 Å². The second kappa shape index (κ2) is 9.13. The molecule has 1 atom stereocenters. The molecule has 122 valence electrons. The minimum absolute atomic E-state index is 0.0878. The van der Waals surface area contributed by atoms with Crippen LogP contribution in [0.4, 0.5) is 0 Å². The number of carbonyl (C=O) groups is 1. The van der Waals surface area contributed by atoms with Gasteiger partial charge in [0.15, 0.2) is 0 Å². The molecule has 1 aromatic carbocycles. The lowest BCUT2D eigenvalue weighted by Crippen LogP contribution is -2.40. The van der Waals surface area contributed by atoms with E-state index in [2.05, 4.69) is 10.2 Å². The monoisotopic (exact) mass is 324 g/mol. The number of carbonyl (C=O) groups excluding carboxylic acids is 1. The Morgan fingerprint density at radius 2 is 2.14 bits per heavy atom. The highest BCUT2D eigenvalue weighted by Crippen LogP contribution is 2.20. The Bertz CT molecular complexity index is 464. The van der Waals surface area contributed by atoms with E-state index in [4.69, 9.17) is 16.7 Å². The number of aliphatic hydroxyl groups is 1. The summed E-state index contributed by atoms with van der Waals surface area (Å²) >= 11 is 5.85. The summed E-state index contributed by atoms with van der Waals surface area (Å²) in [4.78, 5) is 14.3. The number of hydrogen-bond acceptors (Lipinski definition) is 3. The zero-order valence-electron chi connectivity index (χ0n) is 12.9. The first-order valence-corrected chi connectivity index (χ1v) is 8.43. The van der Waals surface area contributed by atoms with Crippen molar-refractivity contribution in [2.45, 2.75) is 38.1 Å². The molecule has 5 heteroatoms. The van der Waals surface area contributed by atoms with Crippen molar-refractivity contribution in [2.24, 2.45) is 0 Å². The lowest BCUT2D eigenvalue weighted by molar-refractivity contribution is -0.122. The first-order chi connectivity index (χ1) is 10.7. The summed E-state index contributed by atoms with van der Waals surface area (Å²) in [6, 6.07) is 8.16. The molecule has 1 aliphatic rings. The van der Waals surface area contributed by atoms with E-state index in [1.54, 1.807) is 0 Å². The Morgan fingerprint density at radius 1 is 1.36 bits per heavy atom. The van der Waals surface area contributed by atoms with Crippen LogP contribution in [0.1, 0.15) is 31.2 Å². The highest BCUT2D eigenvalue weighted by molar-refractivity contribution is 6.30. The highest BCUT2D eigenvalue weighted by atomic mass is 35.5. The van der Waals surface area contributed by atoms with Crippen molar-refractivity contribution in [3.63, 3.8) is 0 Å². The number of aliphatic hydroxyl groups excluding tert-OH is 1. The highest BCUT2D eigenvalue weighted by Gasteiger charge is 2.25. The van der Waals surface area contributed by atoms with E-state index in [1.807, 2.05) is 24.3 Å². The summed E-state index contributed by atoms with van der Waals surface area (Å²) < 4.78 is 0. The number of likely N-dealkylation sites (tertiary alicyclic amines) is 1. The normalized spacial score (nSPS) is 18.5. The van der Waals surface area contributed by atoms with Gasteiger partial charge in [0.1, 0.15) is 0 Å². The van der Waals surface area contributed by atoms with Gasteiger partial charge in [-0.2, -0.15) is 0 Å². The topological polar surface area (TPSA) is 52.6 Å². The van der Waals surface area contributed by atoms with Gasteiger partial charge in [0.2, 0.25) is 5.91 Å². The van der Waals surface area contributed by atoms with E-state index in [9.17, 15) is 4.79 Å². The molecular formula is C17H25ClN2O2. The summed E-state index contributed by atoms with van der Waals surface area (Å²) in [5.41, 5.74) is 1.17. The maximum absolute atomic E-state index is 12.0. The van der Waals surface area contributed by atoms with Gasteiger partial charge < -0.3 is 10.4 Å². The van der Waals surface area contributed by atoms with Crippen LogP contribution in [-0.2, 0) is 11.2 Å². The SMILES string of the molecule is O=C(CN1CCCC1CCCO)NCCc1ccc(Cl)cc1. The third-order valence-corrected chi connectivity index (χ3v) is 4.44. The van der Waals surface area contributed by atoms with Crippen LogP contribution in [0.3, 0.4) is 0 Å². The van der Waals surface area contributed by atoms with Crippen LogP contribution in [0.15, 0.2) is 24.3 Å². The summed E-state index contributed by atoms with van der Waals surface area (Å²) in [5.74, 6) is 0.0878. The molecule has 1 amide bonds. The number of benzene rings is 1. The molecule has 2 N–H and O–H groups in total. The zero-order chi connectivity index (χ0) is 15.8. The van der Waals surface area contributed by atoms with Crippen LogP contribution in [0.2, 0.25) is 5.02 Å². The van der Waals surface area contributed by atoms with E-state index in [-0.39, 0.29) is 12.5 Å². The number of amides is 1. The molecule has 0 saturated carbocycles. The fraction of sp³-hybridized carbons (Fsp3) is 0.588. The molecular weight excluding hydrogens is 300 g/mol. The average Bonchev–Trinajstić information content (AvgIpc) is 2.94. The number of rotatable bonds is 8. The lowest BCUT2D eigenvalue weighted by Gasteiger charge is -2.23. The van der Waals surface area contributed by atoms with Gasteiger partial charge in [0.25, 0.3) is 0 Å². The van der Waals surface area contributed by atoms with Gasteiger partial charge in [0, 0.05) is 24.2 Å². The van der Waals surface area contributed by atoms with Crippen molar-refractivity contribution >= 4 is 17.5 Å². The predicted octanol–water partition coefficient (Wildman–Crippen LogP) is 2.24. The fourth-order valence-corrected chi connectivity index (χ4v) is 3.12. The van der Waals surface area contributed by atoms with Gasteiger partial charge in [0.05, 0.1) is 6.54 Å². The van der Waals surface area contributed by atoms with E-state index < -0.39 is 0 Å². The Balaban J connectivity index is 1.67.